The fraction of sp³-hybridized carbons (Fsp3) is 0.222. The van der Waals surface area contributed by atoms with Crippen LogP contribution in [0.4, 0.5) is 15.8 Å². The Hall–Kier alpha value is -3.01. The van der Waals surface area contributed by atoms with E-state index in [0.717, 1.165) is 10.6 Å². The number of rotatable bonds is 3. The summed E-state index contributed by atoms with van der Waals surface area (Å²) in [5, 5.41) is 10.9. The first-order valence-corrected chi connectivity index (χ1v) is 9.20. The molecule has 2 heterocycles. The van der Waals surface area contributed by atoms with Gasteiger partial charge in [-0.05, 0) is 36.6 Å². The Balaban J connectivity index is 1.70. The van der Waals surface area contributed by atoms with Gasteiger partial charge in [0.25, 0.3) is 5.69 Å². The van der Waals surface area contributed by atoms with Gasteiger partial charge in [0, 0.05) is 17.1 Å². The number of aryl methyl sites for hydroxylation is 1. The summed E-state index contributed by atoms with van der Waals surface area (Å²) in [6.45, 7) is -0.0288. The summed E-state index contributed by atoms with van der Waals surface area (Å²) in [6.07, 6.45) is 1.32. The number of hydrogen-bond donors (Lipinski definition) is 0. The first-order valence-electron chi connectivity index (χ1n) is 8.41. The number of nitro groups is 1. The first-order chi connectivity index (χ1) is 13.3. The van der Waals surface area contributed by atoms with E-state index in [-0.39, 0.29) is 29.0 Å². The van der Waals surface area contributed by atoms with Crippen LogP contribution in [0.15, 0.2) is 44.0 Å². The normalized spacial score (nSPS) is 13.6. The third-order valence-electron chi connectivity index (χ3n) is 4.66. The van der Waals surface area contributed by atoms with Crippen molar-refractivity contribution in [2.24, 2.45) is 0 Å². The van der Waals surface area contributed by atoms with Gasteiger partial charge in [0.1, 0.15) is 12.4 Å². The van der Waals surface area contributed by atoms with Crippen LogP contribution in [0.2, 0.25) is 0 Å². The third-order valence-corrected chi connectivity index (χ3v) is 5.12. The number of nitro benzene ring substituents is 1. The number of fused-ring (bicyclic) bond motifs is 2. The third kappa shape index (κ3) is 3.09. The molecule has 2 aromatic carbocycles. The van der Waals surface area contributed by atoms with Gasteiger partial charge in [0.15, 0.2) is 5.58 Å². The van der Waals surface area contributed by atoms with Crippen LogP contribution in [0.5, 0.6) is 0 Å². The van der Waals surface area contributed by atoms with Crippen molar-refractivity contribution in [2.75, 3.05) is 11.4 Å². The minimum atomic E-state index is -0.808. The summed E-state index contributed by atoms with van der Waals surface area (Å²) in [4.78, 5) is 36.6. The Morgan fingerprint density at radius 3 is 2.86 bits per heavy atom. The lowest BCUT2D eigenvalue weighted by atomic mass is 10.0. The standard InChI is InChI=1S/C18H13BrFN3O5/c19-11-6-10-2-1-5-21(17(10)13(20)7-11)16(24)9-22-14-4-3-12(23(26)27)8-15(14)28-18(22)25/h3-4,6-8H,1-2,5,9H2. The maximum absolute atomic E-state index is 14.5. The lowest BCUT2D eigenvalue weighted by Gasteiger charge is -2.30. The van der Waals surface area contributed by atoms with Crippen LogP contribution in [-0.4, -0.2) is 21.9 Å². The van der Waals surface area contributed by atoms with Gasteiger partial charge < -0.3 is 9.32 Å². The Kier molecular flexibility index (Phi) is 4.50. The molecular formula is C18H13BrFN3O5. The van der Waals surface area contributed by atoms with Crippen LogP contribution in [0.1, 0.15) is 12.0 Å². The minimum absolute atomic E-state index is 0.0150. The van der Waals surface area contributed by atoms with Crippen molar-refractivity contribution >= 4 is 44.3 Å². The van der Waals surface area contributed by atoms with Crippen LogP contribution in [-0.2, 0) is 17.8 Å². The smallest absolute Gasteiger partial charge is 0.407 e. The number of nitrogens with zero attached hydrogens (tertiary/aromatic N) is 3. The molecule has 0 spiro atoms. The second-order valence-corrected chi connectivity index (χ2v) is 7.32. The van der Waals surface area contributed by atoms with E-state index in [4.69, 9.17) is 4.42 Å². The number of halogens is 2. The monoisotopic (exact) mass is 449 g/mol. The summed E-state index contributed by atoms with van der Waals surface area (Å²) >= 11 is 3.25. The van der Waals surface area contributed by atoms with Crippen molar-refractivity contribution in [2.45, 2.75) is 19.4 Å². The van der Waals surface area contributed by atoms with Crippen molar-refractivity contribution in [1.29, 1.82) is 0 Å². The lowest BCUT2D eigenvalue weighted by molar-refractivity contribution is -0.384. The zero-order valence-corrected chi connectivity index (χ0v) is 15.9. The number of non-ortho nitro benzene ring substituents is 1. The quantitative estimate of drug-likeness (QED) is 0.450. The molecule has 0 bridgehead atoms. The predicted molar refractivity (Wildman–Crippen MR) is 102 cm³/mol. The molecular weight excluding hydrogens is 437 g/mol. The Morgan fingerprint density at radius 2 is 2.11 bits per heavy atom. The molecule has 10 heteroatoms. The van der Waals surface area contributed by atoms with Gasteiger partial charge in [-0.3, -0.25) is 19.5 Å². The topological polar surface area (TPSA) is 98.6 Å². The molecule has 8 nitrogen and oxygen atoms in total. The van der Waals surface area contributed by atoms with Gasteiger partial charge in [-0.2, -0.15) is 0 Å². The number of carbonyl (C=O) groups is 1. The molecule has 0 radical (unpaired) electrons. The van der Waals surface area contributed by atoms with E-state index in [1.54, 1.807) is 6.07 Å². The van der Waals surface area contributed by atoms with Gasteiger partial charge in [-0.1, -0.05) is 15.9 Å². The molecule has 144 valence electrons. The van der Waals surface area contributed by atoms with E-state index < -0.39 is 22.4 Å². The molecule has 0 unspecified atom stereocenters. The van der Waals surface area contributed by atoms with Crippen LogP contribution >= 0.6 is 15.9 Å². The predicted octanol–water partition coefficient (Wildman–Crippen LogP) is 3.38. The van der Waals surface area contributed by atoms with Crippen LogP contribution < -0.4 is 10.7 Å². The van der Waals surface area contributed by atoms with E-state index in [1.807, 2.05) is 0 Å². The van der Waals surface area contributed by atoms with Crippen LogP contribution in [0, 0.1) is 15.9 Å². The molecule has 0 aliphatic carbocycles. The highest BCUT2D eigenvalue weighted by atomic mass is 79.9. The molecule has 28 heavy (non-hydrogen) atoms. The van der Waals surface area contributed by atoms with E-state index in [1.165, 1.54) is 23.1 Å². The van der Waals surface area contributed by atoms with Gasteiger partial charge in [0.2, 0.25) is 5.91 Å². The largest absolute Gasteiger partial charge is 0.420 e. The molecule has 1 aromatic heterocycles. The molecule has 0 saturated heterocycles. The molecule has 0 N–H and O–H groups in total. The molecule has 3 aromatic rings. The second-order valence-electron chi connectivity index (χ2n) is 6.41. The first kappa shape index (κ1) is 18.4. The molecule has 1 aliphatic heterocycles. The SMILES string of the molecule is O=C(Cn1c(=O)oc2cc([N+](=O)[O-])ccc21)N1CCCc2cc(Br)cc(F)c21. The van der Waals surface area contributed by atoms with Crippen LogP contribution in [0.25, 0.3) is 11.1 Å². The number of aromatic nitrogens is 1. The van der Waals surface area contributed by atoms with Gasteiger partial charge in [-0.25, -0.2) is 9.18 Å². The average molecular weight is 450 g/mol. The highest BCUT2D eigenvalue weighted by molar-refractivity contribution is 9.10. The van der Waals surface area contributed by atoms with E-state index in [0.29, 0.717) is 29.4 Å². The summed E-state index contributed by atoms with van der Waals surface area (Å²) in [7, 11) is 0. The lowest BCUT2D eigenvalue weighted by Crippen LogP contribution is -2.39. The van der Waals surface area contributed by atoms with Crippen molar-refractivity contribution in [1.82, 2.24) is 4.57 Å². The fourth-order valence-electron chi connectivity index (χ4n) is 3.44. The average Bonchev–Trinajstić information content (AvgIpc) is 2.95. The second kappa shape index (κ2) is 6.86. The van der Waals surface area contributed by atoms with E-state index in [9.17, 15) is 24.1 Å². The Morgan fingerprint density at radius 1 is 1.32 bits per heavy atom. The zero-order valence-electron chi connectivity index (χ0n) is 14.4. The molecule has 0 fully saturated rings. The fourth-order valence-corrected chi connectivity index (χ4v) is 3.92. The van der Waals surface area contributed by atoms with Crippen molar-refractivity contribution in [3.05, 3.63) is 66.9 Å². The highest BCUT2D eigenvalue weighted by Gasteiger charge is 2.27. The van der Waals surface area contributed by atoms with E-state index in [2.05, 4.69) is 15.9 Å². The molecule has 1 amide bonds. The van der Waals surface area contributed by atoms with Crippen molar-refractivity contribution in [3.8, 4) is 0 Å². The van der Waals surface area contributed by atoms with Crippen molar-refractivity contribution in [3.63, 3.8) is 0 Å². The highest BCUT2D eigenvalue weighted by Crippen LogP contribution is 2.33. The molecule has 1 aliphatic rings. The number of hydrogen-bond acceptors (Lipinski definition) is 5. The molecule has 0 atom stereocenters. The van der Waals surface area contributed by atoms with Gasteiger partial charge >= 0.3 is 5.76 Å². The summed E-state index contributed by atoms with van der Waals surface area (Å²) in [6, 6.07) is 6.78. The number of anilines is 1. The van der Waals surface area contributed by atoms with Crippen molar-refractivity contribution < 1.29 is 18.5 Å². The van der Waals surface area contributed by atoms with Gasteiger partial charge in [0.05, 0.1) is 22.2 Å². The van der Waals surface area contributed by atoms with Gasteiger partial charge in [-0.15, -0.1) is 0 Å². The number of amides is 1. The van der Waals surface area contributed by atoms with Crippen LogP contribution in [0.3, 0.4) is 0 Å². The maximum atomic E-state index is 14.5. The molecule has 4 rings (SSSR count). The van der Waals surface area contributed by atoms with E-state index >= 15 is 0 Å². The summed E-state index contributed by atoms with van der Waals surface area (Å²) in [5.74, 6) is -1.79. The maximum Gasteiger partial charge on any atom is 0.420 e. The zero-order chi connectivity index (χ0) is 20.0. The number of carbonyl (C=O) groups excluding carboxylic acids is 1. The number of oxazole rings is 1. The minimum Gasteiger partial charge on any atom is -0.407 e. The summed E-state index contributed by atoms with van der Waals surface area (Å²) in [5.41, 5.74) is 0.985. The Bertz CT molecular complexity index is 1190. The summed E-state index contributed by atoms with van der Waals surface area (Å²) < 4.78 is 21.2. The molecule has 0 saturated carbocycles. The number of benzene rings is 2. The Labute approximate surface area is 165 Å².